The van der Waals surface area contributed by atoms with Crippen LogP contribution in [-0.2, 0) is 27.7 Å². The lowest BCUT2D eigenvalue weighted by molar-refractivity contribution is -0.139. The number of carbonyl (C=O) groups excluding carboxylic acids is 2. The van der Waals surface area contributed by atoms with Gasteiger partial charge in [-0.15, -0.1) is 0 Å². The van der Waals surface area contributed by atoms with Crippen molar-refractivity contribution in [2.45, 2.75) is 36.5 Å². The van der Waals surface area contributed by atoms with E-state index < -0.39 is 80.6 Å². The number of nitrogens with zero attached hydrogens (tertiary/aromatic N) is 5. The van der Waals surface area contributed by atoms with E-state index in [1.807, 2.05) is 0 Å². The molecule has 0 spiro atoms. The van der Waals surface area contributed by atoms with Crippen LogP contribution in [-0.4, -0.2) is 40.8 Å². The summed E-state index contributed by atoms with van der Waals surface area (Å²) in [6.45, 7) is -0.164. The lowest BCUT2D eigenvalue weighted by Gasteiger charge is -2.49. The number of benzene rings is 3. The van der Waals surface area contributed by atoms with Gasteiger partial charge in [-0.1, -0.05) is 71.7 Å². The molecule has 2 amide bonds. The summed E-state index contributed by atoms with van der Waals surface area (Å²) in [5, 5.41) is 11.6. The topological polar surface area (TPSA) is 131 Å². The monoisotopic (exact) mass is 766 g/mol. The van der Waals surface area contributed by atoms with Crippen molar-refractivity contribution in [1.82, 2.24) is 23.9 Å². The third-order valence-corrected chi connectivity index (χ3v) is 10.7. The molecule has 2 aromatic heterocycles. The number of halogens is 6. The first-order valence-electron chi connectivity index (χ1n) is 16.1. The normalized spacial score (nSPS) is 22.3. The van der Waals surface area contributed by atoms with E-state index in [2.05, 4.69) is 10.4 Å². The maximum Gasteiger partial charge on any atom is 0.417 e. The number of fused-ring (bicyclic) bond motifs is 4. The van der Waals surface area contributed by atoms with Gasteiger partial charge in [0, 0.05) is 22.7 Å². The lowest BCUT2D eigenvalue weighted by atomic mass is 9.53. The molecule has 3 aliphatic rings. The zero-order valence-corrected chi connectivity index (χ0v) is 28.4. The van der Waals surface area contributed by atoms with Crippen LogP contribution in [0.5, 0.6) is 5.75 Å². The van der Waals surface area contributed by atoms with E-state index in [1.165, 1.54) is 45.8 Å². The van der Waals surface area contributed by atoms with Gasteiger partial charge in [-0.05, 0) is 54.0 Å². The Kier molecular flexibility index (Phi) is 7.92. The minimum absolute atomic E-state index is 0.0964. The number of carbonyl (C=O) groups is 2. The van der Waals surface area contributed by atoms with E-state index in [0.717, 1.165) is 10.6 Å². The fraction of sp³-hybridized carbons (Fsp3) is 0.194. The van der Waals surface area contributed by atoms with Crippen LogP contribution in [0.25, 0.3) is 5.69 Å². The van der Waals surface area contributed by atoms with Crippen LogP contribution in [0.1, 0.15) is 35.1 Å². The molecule has 0 radical (unpaired) electrons. The molecule has 0 unspecified atom stereocenters. The Balaban J connectivity index is 1.37. The summed E-state index contributed by atoms with van der Waals surface area (Å²) in [6.07, 6.45) is -2.94. The molecule has 270 valence electrons. The van der Waals surface area contributed by atoms with Crippen molar-refractivity contribution in [3.63, 3.8) is 0 Å². The highest BCUT2D eigenvalue weighted by Gasteiger charge is 2.69. The number of hydrazine groups is 1. The molecular formula is C36H24Cl2F4N6O5. The molecule has 17 heteroatoms. The molecule has 8 rings (SSSR count). The van der Waals surface area contributed by atoms with E-state index in [4.69, 9.17) is 23.2 Å². The third-order valence-electron chi connectivity index (χ3n) is 10.2. The second kappa shape index (κ2) is 12.2. The second-order valence-corrected chi connectivity index (χ2v) is 13.6. The number of rotatable bonds is 5. The first kappa shape index (κ1) is 34.4. The van der Waals surface area contributed by atoms with Gasteiger partial charge < -0.3 is 5.11 Å². The summed E-state index contributed by atoms with van der Waals surface area (Å²) in [6, 6.07) is 17.4. The molecule has 4 heterocycles. The summed E-state index contributed by atoms with van der Waals surface area (Å²) >= 11 is 12.4. The average molecular weight is 768 g/mol. The Bertz CT molecular complexity index is 2500. The van der Waals surface area contributed by atoms with Crippen molar-refractivity contribution in [3.8, 4) is 11.4 Å². The van der Waals surface area contributed by atoms with E-state index in [1.54, 1.807) is 36.4 Å². The van der Waals surface area contributed by atoms with Crippen molar-refractivity contribution in [2.24, 2.45) is 5.92 Å². The van der Waals surface area contributed by atoms with Gasteiger partial charge in [0.15, 0.2) is 17.4 Å². The number of hydrogen-bond acceptors (Lipinski definition) is 7. The maximum absolute atomic E-state index is 15.3. The zero-order chi connectivity index (χ0) is 37.6. The average Bonchev–Trinajstić information content (AvgIpc) is 3.51. The molecule has 3 aromatic carbocycles. The second-order valence-electron chi connectivity index (χ2n) is 12.8. The fourth-order valence-electron chi connectivity index (χ4n) is 7.95. The predicted molar refractivity (Wildman–Crippen MR) is 183 cm³/mol. The highest BCUT2D eigenvalue weighted by Crippen LogP contribution is 2.63. The number of alkyl halides is 3. The summed E-state index contributed by atoms with van der Waals surface area (Å²) < 4.78 is 58.9. The summed E-state index contributed by atoms with van der Waals surface area (Å²) in [4.78, 5) is 61.5. The maximum atomic E-state index is 15.3. The molecule has 2 aliphatic heterocycles. The third kappa shape index (κ3) is 5.05. The Hall–Kier alpha value is -5.67. The number of pyridine rings is 1. The molecule has 4 atom stereocenters. The number of amides is 2. The Labute approximate surface area is 305 Å². The number of aromatic nitrogens is 4. The number of aromatic hydroxyl groups is 1. The van der Waals surface area contributed by atoms with Crippen molar-refractivity contribution in [2.75, 3.05) is 5.43 Å². The standard InChI is InChI=1S/C36H24Cl2F4N6O5/c37-20-11-9-18(10-12-20)35-24(31(50)47(32(35)51)44-30-25(38)15-19(17-43-30)36(40,41)42)16-27-22(28(35)23-7-4-8-26(39)29(23)49)13-14-45-33(52)46(34(53)48(27)45)21-5-2-1-3-6-21/h1-13,15,17,24,27-28,49H,14,16H2,(H,43,44)/t24-,27+,28+,35+/m0/s1. The molecule has 2 N–H and O–H groups in total. The molecule has 53 heavy (non-hydrogen) atoms. The number of nitrogens with one attached hydrogen (secondary N) is 1. The predicted octanol–water partition coefficient (Wildman–Crippen LogP) is 5.98. The smallest absolute Gasteiger partial charge is 0.417 e. The van der Waals surface area contributed by atoms with E-state index >= 15 is 9.18 Å². The Morgan fingerprint density at radius 3 is 2.32 bits per heavy atom. The number of phenolic OH excluding ortho intramolecular Hbond substituents is 1. The number of para-hydroxylation sites is 2. The number of allylic oxidation sites excluding steroid dienone is 2. The Morgan fingerprint density at radius 1 is 0.925 bits per heavy atom. The molecule has 1 saturated heterocycles. The molecular weight excluding hydrogens is 743 g/mol. The van der Waals surface area contributed by atoms with Crippen LogP contribution in [0, 0.1) is 11.7 Å². The van der Waals surface area contributed by atoms with Crippen molar-refractivity contribution < 1.29 is 32.3 Å². The van der Waals surface area contributed by atoms with Crippen LogP contribution in [0.4, 0.5) is 23.4 Å². The zero-order valence-electron chi connectivity index (χ0n) is 26.9. The van der Waals surface area contributed by atoms with Crippen molar-refractivity contribution >= 4 is 40.8 Å². The molecule has 2 fully saturated rings. The molecule has 1 saturated carbocycles. The van der Waals surface area contributed by atoms with Gasteiger partial charge in [0.25, 0.3) is 11.8 Å². The van der Waals surface area contributed by atoms with E-state index in [0.29, 0.717) is 22.8 Å². The first-order chi connectivity index (χ1) is 25.2. The van der Waals surface area contributed by atoms with Crippen molar-refractivity contribution in [3.05, 3.63) is 150 Å². The van der Waals surface area contributed by atoms with Gasteiger partial charge in [0.1, 0.15) is 0 Å². The van der Waals surface area contributed by atoms with Crippen LogP contribution in [0.2, 0.25) is 10.0 Å². The van der Waals surface area contributed by atoms with Gasteiger partial charge in [-0.3, -0.25) is 15.0 Å². The quantitative estimate of drug-likeness (QED) is 0.128. The molecule has 0 bridgehead atoms. The number of hydrogen-bond donors (Lipinski definition) is 2. The van der Waals surface area contributed by atoms with Gasteiger partial charge in [-0.2, -0.15) is 18.2 Å². The van der Waals surface area contributed by atoms with Crippen LogP contribution in [0.3, 0.4) is 0 Å². The molecule has 5 aromatic rings. The van der Waals surface area contributed by atoms with Crippen molar-refractivity contribution in [1.29, 1.82) is 0 Å². The first-order valence-corrected chi connectivity index (χ1v) is 16.8. The largest absolute Gasteiger partial charge is 0.505 e. The van der Waals surface area contributed by atoms with Crippen LogP contribution >= 0.6 is 23.2 Å². The van der Waals surface area contributed by atoms with Gasteiger partial charge >= 0.3 is 17.6 Å². The minimum Gasteiger partial charge on any atom is -0.505 e. The van der Waals surface area contributed by atoms with E-state index in [9.17, 15) is 32.7 Å². The number of imide groups is 1. The van der Waals surface area contributed by atoms with E-state index in [-0.39, 0.29) is 34.8 Å². The fourth-order valence-corrected chi connectivity index (χ4v) is 8.29. The Morgan fingerprint density at radius 2 is 1.64 bits per heavy atom. The number of anilines is 1. The van der Waals surface area contributed by atoms with Gasteiger partial charge in [0.2, 0.25) is 0 Å². The minimum atomic E-state index is -4.79. The van der Waals surface area contributed by atoms with Gasteiger partial charge in [0.05, 0.1) is 40.2 Å². The van der Waals surface area contributed by atoms with Gasteiger partial charge in [-0.25, -0.2) is 32.9 Å². The summed E-state index contributed by atoms with van der Waals surface area (Å²) in [5.74, 6) is -6.85. The van der Waals surface area contributed by atoms with Crippen LogP contribution < -0.4 is 16.8 Å². The SMILES string of the molecule is O=C1[C@@H]2C[C@@H]3C(=CCn4c(=O)n(-c5ccccc5)c(=O)n43)[C@H](c3cccc(F)c3O)[C@]2(c2ccc(Cl)cc2)C(=O)N1Nc1ncc(C(F)(F)F)cc1Cl. The lowest BCUT2D eigenvalue weighted by Crippen LogP contribution is -2.53. The molecule has 1 aliphatic carbocycles. The summed E-state index contributed by atoms with van der Waals surface area (Å²) in [5.41, 5.74) is -1.31. The highest BCUT2D eigenvalue weighted by molar-refractivity contribution is 6.33. The van der Waals surface area contributed by atoms with Crippen LogP contribution in [0.15, 0.2) is 106 Å². The number of phenols is 1. The molecule has 11 nitrogen and oxygen atoms in total. The highest BCUT2D eigenvalue weighted by atomic mass is 35.5. The summed E-state index contributed by atoms with van der Waals surface area (Å²) in [7, 11) is 0.